The highest BCUT2D eigenvalue weighted by Gasteiger charge is 2.18. The van der Waals surface area contributed by atoms with Gasteiger partial charge in [0.25, 0.3) is 5.91 Å². The van der Waals surface area contributed by atoms with Crippen molar-refractivity contribution in [1.29, 1.82) is 0 Å². The lowest BCUT2D eigenvalue weighted by Crippen LogP contribution is -2.24. The molecule has 3 rings (SSSR count). The summed E-state index contributed by atoms with van der Waals surface area (Å²) < 4.78 is 40.2. The molecule has 2 N–H and O–H groups in total. The number of H-pyrrole nitrogens is 1. The van der Waals surface area contributed by atoms with Crippen LogP contribution in [0.15, 0.2) is 30.6 Å². The second-order valence-electron chi connectivity index (χ2n) is 4.72. The number of amides is 1. The number of carbonyl (C=O) groups is 1. The summed E-state index contributed by atoms with van der Waals surface area (Å²) in [6.07, 6.45) is 2.86. The zero-order chi connectivity index (χ0) is 16.6. The third kappa shape index (κ3) is 2.75. The number of benzene rings is 1. The van der Waals surface area contributed by atoms with E-state index in [1.807, 2.05) is 0 Å². The standard InChI is InChI=1S/C15H9ClF3N3O/c16-9-3-4-20-14-12(9)8(6-21-14)15(23)22-5-7-10(17)1-2-11(18)13(7)19/h1-4,6H,5H2,(H,20,21)(H,22,23). The molecular weight excluding hydrogens is 331 g/mol. The van der Waals surface area contributed by atoms with Crippen LogP contribution in [0.3, 0.4) is 0 Å². The van der Waals surface area contributed by atoms with Crippen LogP contribution in [0.4, 0.5) is 13.2 Å². The van der Waals surface area contributed by atoms with Crippen molar-refractivity contribution in [2.24, 2.45) is 0 Å². The van der Waals surface area contributed by atoms with E-state index in [4.69, 9.17) is 11.6 Å². The topological polar surface area (TPSA) is 57.8 Å². The van der Waals surface area contributed by atoms with Crippen LogP contribution < -0.4 is 5.32 Å². The van der Waals surface area contributed by atoms with E-state index < -0.39 is 35.5 Å². The van der Waals surface area contributed by atoms with E-state index in [1.165, 1.54) is 18.5 Å². The van der Waals surface area contributed by atoms with Gasteiger partial charge in [0.15, 0.2) is 11.6 Å². The summed E-state index contributed by atoms with van der Waals surface area (Å²) in [5.74, 6) is -4.07. The molecule has 0 saturated carbocycles. The zero-order valence-electron chi connectivity index (χ0n) is 11.5. The van der Waals surface area contributed by atoms with Gasteiger partial charge in [-0.1, -0.05) is 11.6 Å². The Morgan fingerprint density at radius 2 is 1.96 bits per heavy atom. The molecule has 0 spiro atoms. The van der Waals surface area contributed by atoms with Crippen molar-refractivity contribution in [3.8, 4) is 0 Å². The highest BCUT2D eigenvalue weighted by Crippen LogP contribution is 2.25. The van der Waals surface area contributed by atoms with Gasteiger partial charge < -0.3 is 10.3 Å². The average Bonchev–Trinajstić information content (AvgIpc) is 2.96. The fourth-order valence-corrected chi connectivity index (χ4v) is 2.44. The Morgan fingerprint density at radius 1 is 1.22 bits per heavy atom. The summed E-state index contributed by atoms with van der Waals surface area (Å²) in [5, 5.41) is 3.04. The van der Waals surface area contributed by atoms with E-state index in [0.29, 0.717) is 22.1 Å². The lowest BCUT2D eigenvalue weighted by atomic mass is 10.1. The number of aromatic amines is 1. The molecule has 2 heterocycles. The molecule has 0 aliphatic carbocycles. The summed E-state index contributed by atoms with van der Waals surface area (Å²) in [6.45, 7) is -0.501. The first-order valence-electron chi connectivity index (χ1n) is 6.51. The smallest absolute Gasteiger partial charge is 0.253 e. The molecule has 0 bridgehead atoms. The number of rotatable bonds is 3. The Bertz CT molecular complexity index is 910. The number of carbonyl (C=O) groups excluding carboxylic acids is 1. The number of aromatic nitrogens is 2. The molecule has 0 fully saturated rings. The monoisotopic (exact) mass is 339 g/mol. The fraction of sp³-hybridized carbons (Fsp3) is 0.0667. The second-order valence-corrected chi connectivity index (χ2v) is 5.13. The van der Waals surface area contributed by atoms with E-state index in [-0.39, 0.29) is 5.56 Å². The summed E-state index contributed by atoms with van der Waals surface area (Å²) in [4.78, 5) is 19.0. The molecule has 0 saturated heterocycles. The minimum absolute atomic E-state index is 0.176. The maximum Gasteiger partial charge on any atom is 0.253 e. The molecular formula is C15H9ClF3N3O. The number of pyridine rings is 1. The van der Waals surface area contributed by atoms with Gasteiger partial charge in [-0.2, -0.15) is 0 Å². The van der Waals surface area contributed by atoms with Crippen LogP contribution in [0.1, 0.15) is 15.9 Å². The van der Waals surface area contributed by atoms with Crippen LogP contribution in [0.25, 0.3) is 11.0 Å². The van der Waals surface area contributed by atoms with Gasteiger partial charge in [0.2, 0.25) is 0 Å². The summed E-state index contributed by atoms with van der Waals surface area (Å²) in [6, 6.07) is 2.99. The average molecular weight is 340 g/mol. The van der Waals surface area contributed by atoms with Crippen LogP contribution in [-0.4, -0.2) is 15.9 Å². The molecule has 3 aromatic rings. The molecule has 4 nitrogen and oxygen atoms in total. The van der Waals surface area contributed by atoms with Crippen molar-refractivity contribution >= 4 is 28.5 Å². The number of hydrogen-bond acceptors (Lipinski definition) is 2. The van der Waals surface area contributed by atoms with Gasteiger partial charge in [-0.05, 0) is 18.2 Å². The third-order valence-electron chi connectivity index (χ3n) is 3.33. The van der Waals surface area contributed by atoms with Crippen LogP contribution in [-0.2, 0) is 6.54 Å². The highest BCUT2D eigenvalue weighted by molar-refractivity contribution is 6.36. The van der Waals surface area contributed by atoms with Crippen LogP contribution in [0, 0.1) is 17.5 Å². The lowest BCUT2D eigenvalue weighted by molar-refractivity contribution is 0.0952. The first kappa shape index (κ1) is 15.4. The molecule has 0 radical (unpaired) electrons. The predicted molar refractivity (Wildman–Crippen MR) is 78.6 cm³/mol. The van der Waals surface area contributed by atoms with Gasteiger partial charge >= 0.3 is 0 Å². The number of hydrogen-bond donors (Lipinski definition) is 2. The molecule has 1 aromatic carbocycles. The van der Waals surface area contributed by atoms with Crippen LogP contribution in [0.5, 0.6) is 0 Å². The SMILES string of the molecule is O=C(NCc1c(F)ccc(F)c1F)c1c[nH]c2nccc(Cl)c12. The number of halogens is 4. The molecule has 0 unspecified atom stereocenters. The third-order valence-corrected chi connectivity index (χ3v) is 3.65. The highest BCUT2D eigenvalue weighted by atomic mass is 35.5. The Kier molecular flexibility index (Phi) is 3.96. The van der Waals surface area contributed by atoms with Gasteiger partial charge in [0, 0.05) is 24.5 Å². The van der Waals surface area contributed by atoms with Crippen LogP contribution in [0.2, 0.25) is 5.02 Å². The maximum atomic E-state index is 13.6. The van der Waals surface area contributed by atoms with Crippen LogP contribution >= 0.6 is 11.6 Å². The largest absolute Gasteiger partial charge is 0.348 e. The quantitative estimate of drug-likeness (QED) is 0.717. The summed E-state index contributed by atoms with van der Waals surface area (Å²) in [7, 11) is 0. The molecule has 2 aromatic heterocycles. The van der Waals surface area contributed by atoms with Crippen molar-refractivity contribution in [2.45, 2.75) is 6.54 Å². The van der Waals surface area contributed by atoms with Gasteiger partial charge in [-0.3, -0.25) is 4.79 Å². The van der Waals surface area contributed by atoms with Crippen molar-refractivity contribution in [3.05, 3.63) is 64.2 Å². The van der Waals surface area contributed by atoms with E-state index in [9.17, 15) is 18.0 Å². The van der Waals surface area contributed by atoms with E-state index >= 15 is 0 Å². The minimum atomic E-state index is -1.33. The Hall–Kier alpha value is -2.54. The molecule has 8 heteroatoms. The van der Waals surface area contributed by atoms with E-state index in [2.05, 4.69) is 15.3 Å². The second kappa shape index (κ2) is 5.92. The van der Waals surface area contributed by atoms with Crippen molar-refractivity contribution in [1.82, 2.24) is 15.3 Å². The molecule has 0 aliphatic rings. The molecule has 0 aliphatic heterocycles. The van der Waals surface area contributed by atoms with Crippen molar-refractivity contribution in [3.63, 3.8) is 0 Å². The van der Waals surface area contributed by atoms with Gasteiger partial charge in [0.1, 0.15) is 11.5 Å². The first-order valence-corrected chi connectivity index (χ1v) is 6.89. The molecule has 1 amide bonds. The van der Waals surface area contributed by atoms with Crippen molar-refractivity contribution < 1.29 is 18.0 Å². The maximum absolute atomic E-state index is 13.6. The fourth-order valence-electron chi connectivity index (χ4n) is 2.19. The minimum Gasteiger partial charge on any atom is -0.348 e. The summed E-state index contributed by atoms with van der Waals surface area (Å²) in [5.41, 5.74) is 0.0310. The molecule has 23 heavy (non-hydrogen) atoms. The first-order chi connectivity index (χ1) is 11.0. The van der Waals surface area contributed by atoms with Gasteiger partial charge in [-0.25, -0.2) is 18.2 Å². The van der Waals surface area contributed by atoms with E-state index in [1.54, 1.807) is 0 Å². The molecule has 118 valence electrons. The Morgan fingerprint density at radius 3 is 2.74 bits per heavy atom. The zero-order valence-corrected chi connectivity index (χ0v) is 12.2. The Labute approximate surface area is 133 Å². The van der Waals surface area contributed by atoms with Crippen molar-refractivity contribution in [2.75, 3.05) is 0 Å². The normalized spacial score (nSPS) is 11.0. The number of nitrogens with zero attached hydrogens (tertiary/aromatic N) is 1. The predicted octanol–water partition coefficient (Wildman–Crippen LogP) is 3.56. The Balaban J connectivity index is 1.87. The summed E-state index contributed by atoms with van der Waals surface area (Å²) >= 11 is 6.03. The number of fused-ring (bicyclic) bond motifs is 1. The van der Waals surface area contributed by atoms with Gasteiger partial charge in [-0.15, -0.1) is 0 Å². The lowest BCUT2D eigenvalue weighted by Gasteiger charge is -2.08. The van der Waals surface area contributed by atoms with E-state index in [0.717, 1.165) is 6.07 Å². The molecule has 0 atom stereocenters. The number of nitrogens with one attached hydrogen (secondary N) is 2. The van der Waals surface area contributed by atoms with Gasteiger partial charge in [0.05, 0.1) is 16.0 Å².